The average molecular weight is 223 g/mol. The van der Waals surface area contributed by atoms with Crippen molar-refractivity contribution in [2.75, 3.05) is 5.73 Å². The second kappa shape index (κ2) is 4.15. The summed E-state index contributed by atoms with van der Waals surface area (Å²) < 4.78 is 1.52. The van der Waals surface area contributed by atoms with Crippen molar-refractivity contribution in [1.29, 1.82) is 0 Å². The summed E-state index contributed by atoms with van der Waals surface area (Å²) in [5, 5.41) is 0. The first-order valence-corrected chi connectivity index (χ1v) is 5.69. The zero-order valence-electron chi connectivity index (χ0n) is 9.40. The molecule has 1 saturated carbocycles. The van der Waals surface area contributed by atoms with E-state index in [1.54, 1.807) is 0 Å². The Balaban J connectivity index is 2.34. The van der Waals surface area contributed by atoms with Crippen LogP contribution in [-0.2, 0) is 0 Å². The summed E-state index contributed by atoms with van der Waals surface area (Å²) in [6.07, 6.45) is 4.12. The summed E-state index contributed by atoms with van der Waals surface area (Å²) in [5.41, 5.74) is 4.92. The standard InChI is InChI=1S/C11H17N3O2/c1-7-2-4-8(5-3-7)14-9(12)6-10(15)13-11(14)16/h6-8H,2-5,12H2,1H3,(H,13,15,16). The normalized spacial score (nSPS) is 25.6. The summed E-state index contributed by atoms with van der Waals surface area (Å²) >= 11 is 0. The van der Waals surface area contributed by atoms with Crippen LogP contribution in [-0.4, -0.2) is 9.55 Å². The molecule has 0 radical (unpaired) electrons. The first-order chi connectivity index (χ1) is 7.58. The molecule has 3 N–H and O–H groups in total. The van der Waals surface area contributed by atoms with Crippen molar-refractivity contribution in [1.82, 2.24) is 9.55 Å². The number of anilines is 1. The zero-order chi connectivity index (χ0) is 11.7. The number of nitrogen functional groups attached to an aromatic ring is 1. The van der Waals surface area contributed by atoms with Crippen LogP contribution < -0.4 is 17.0 Å². The van der Waals surface area contributed by atoms with Gasteiger partial charge in [0.25, 0.3) is 5.56 Å². The monoisotopic (exact) mass is 223 g/mol. The van der Waals surface area contributed by atoms with Crippen molar-refractivity contribution >= 4 is 5.82 Å². The van der Waals surface area contributed by atoms with Gasteiger partial charge in [0.15, 0.2) is 0 Å². The molecule has 0 saturated heterocycles. The van der Waals surface area contributed by atoms with Crippen molar-refractivity contribution in [2.24, 2.45) is 5.92 Å². The minimum absolute atomic E-state index is 0.139. The number of aromatic nitrogens is 2. The smallest absolute Gasteiger partial charge is 0.330 e. The number of H-pyrrole nitrogens is 1. The van der Waals surface area contributed by atoms with Gasteiger partial charge in [-0.1, -0.05) is 6.92 Å². The number of aromatic amines is 1. The van der Waals surface area contributed by atoms with Crippen LogP contribution in [0.15, 0.2) is 15.7 Å². The SMILES string of the molecule is CC1CCC(n2c(N)cc(=O)[nH]c2=O)CC1. The largest absolute Gasteiger partial charge is 0.385 e. The summed E-state index contributed by atoms with van der Waals surface area (Å²) in [7, 11) is 0. The van der Waals surface area contributed by atoms with Gasteiger partial charge in [0.1, 0.15) is 5.82 Å². The molecule has 16 heavy (non-hydrogen) atoms. The topological polar surface area (TPSA) is 80.9 Å². The molecule has 1 aromatic rings. The molecule has 0 atom stereocenters. The molecule has 1 aliphatic rings. The Morgan fingerprint density at radius 2 is 1.94 bits per heavy atom. The van der Waals surface area contributed by atoms with E-state index in [0.717, 1.165) is 31.6 Å². The minimum Gasteiger partial charge on any atom is -0.385 e. The van der Waals surface area contributed by atoms with Crippen LogP contribution in [0.3, 0.4) is 0 Å². The molecule has 1 aliphatic carbocycles. The number of nitrogens with two attached hydrogens (primary N) is 1. The van der Waals surface area contributed by atoms with Crippen molar-refractivity contribution in [3.05, 3.63) is 26.9 Å². The van der Waals surface area contributed by atoms with Crippen LogP contribution >= 0.6 is 0 Å². The Kier molecular flexibility index (Phi) is 2.85. The predicted octanol–water partition coefficient (Wildman–Crippen LogP) is 0.870. The Morgan fingerprint density at radius 3 is 2.50 bits per heavy atom. The number of nitrogens with one attached hydrogen (secondary N) is 1. The Hall–Kier alpha value is -1.52. The zero-order valence-corrected chi connectivity index (χ0v) is 9.40. The summed E-state index contributed by atoms with van der Waals surface area (Å²) in [6.45, 7) is 2.22. The molecule has 88 valence electrons. The van der Waals surface area contributed by atoms with Crippen LogP contribution in [0, 0.1) is 5.92 Å². The first-order valence-electron chi connectivity index (χ1n) is 5.69. The molecule has 0 aliphatic heterocycles. The predicted molar refractivity (Wildman–Crippen MR) is 62.4 cm³/mol. The molecule has 0 spiro atoms. The maximum atomic E-state index is 11.7. The lowest BCUT2D eigenvalue weighted by molar-refractivity contribution is 0.285. The molecule has 0 unspecified atom stereocenters. The molecule has 1 fully saturated rings. The molecular weight excluding hydrogens is 206 g/mol. The maximum absolute atomic E-state index is 11.7. The lowest BCUT2D eigenvalue weighted by atomic mass is 9.87. The Labute approximate surface area is 93.3 Å². The molecular formula is C11H17N3O2. The highest BCUT2D eigenvalue weighted by Crippen LogP contribution is 2.31. The lowest BCUT2D eigenvalue weighted by Gasteiger charge is -2.28. The van der Waals surface area contributed by atoms with Crippen molar-refractivity contribution in [3.8, 4) is 0 Å². The maximum Gasteiger partial charge on any atom is 0.330 e. The molecule has 5 heteroatoms. The number of hydrogen-bond acceptors (Lipinski definition) is 3. The molecule has 1 heterocycles. The quantitative estimate of drug-likeness (QED) is 0.741. The molecule has 2 rings (SSSR count). The van der Waals surface area contributed by atoms with Crippen LogP contribution in [0.5, 0.6) is 0 Å². The van der Waals surface area contributed by atoms with Gasteiger partial charge in [0.2, 0.25) is 0 Å². The van der Waals surface area contributed by atoms with Gasteiger partial charge in [-0.15, -0.1) is 0 Å². The van der Waals surface area contributed by atoms with E-state index >= 15 is 0 Å². The minimum atomic E-state index is -0.428. The Bertz CT molecular complexity index is 481. The van der Waals surface area contributed by atoms with E-state index in [1.807, 2.05) is 0 Å². The number of nitrogens with zero attached hydrogens (tertiary/aromatic N) is 1. The van der Waals surface area contributed by atoms with E-state index in [4.69, 9.17) is 5.73 Å². The summed E-state index contributed by atoms with van der Waals surface area (Å²) in [4.78, 5) is 25.0. The summed E-state index contributed by atoms with van der Waals surface area (Å²) in [5.74, 6) is 0.990. The highest BCUT2D eigenvalue weighted by Gasteiger charge is 2.21. The molecule has 0 aromatic carbocycles. The van der Waals surface area contributed by atoms with Crippen molar-refractivity contribution < 1.29 is 0 Å². The van der Waals surface area contributed by atoms with Gasteiger partial charge in [0.05, 0.1) is 0 Å². The fourth-order valence-corrected chi connectivity index (χ4v) is 2.40. The van der Waals surface area contributed by atoms with Crippen LogP contribution in [0.2, 0.25) is 0 Å². The molecule has 0 bridgehead atoms. The van der Waals surface area contributed by atoms with Gasteiger partial charge in [0, 0.05) is 12.1 Å². The second-order valence-electron chi connectivity index (χ2n) is 4.65. The van der Waals surface area contributed by atoms with Gasteiger partial charge in [-0.25, -0.2) is 4.79 Å². The van der Waals surface area contributed by atoms with Gasteiger partial charge in [-0.3, -0.25) is 14.3 Å². The van der Waals surface area contributed by atoms with E-state index in [-0.39, 0.29) is 17.5 Å². The second-order valence-corrected chi connectivity index (χ2v) is 4.65. The van der Waals surface area contributed by atoms with E-state index in [0.29, 0.717) is 0 Å². The average Bonchev–Trinajstić information content (AvgIpc) is 2.19. The fraction of sp³-hybridized carbons (Fsp3) is 0.636. The third kappa shape index (κ3) is 2.03. The van der Waals surface area contributed by atoms with Crippen molar-refractivity contribution in [3.63, 3.8) is 0 Å². The van der Waals surface area contributed by atoms with Gasteiger partial charge < -0.3 is 5.73 Å². The van der Waals surface area contributed by atoms with Gasteiger partial charge in [-0.05, 0) is 31.6 Å². The van der Waals surface area contributed by atoms with Crippen LogP contribution in [0.1, 0.15) is 38.6 Å². The molecule has 0 amide bonds. The fourth-order valence-electron chi connectivity index (χ4n) is 2.40. The van der Waals surface area contributed by atoms with Gasteiger partial charge in [-0.2, -0.15) is 0 Å². The molecule has 5 nitrogen and oxygen atoms in total. The third-order valence-corrected chi connectivity index (χ3v) is 3.36. The highest BCUT2D eigenvalue weighted by molar-refractivity contribution is 5.27. The van der Waals surface area contributed by atoms with E-state index in [9.17, 15) is 9.59 Å². The highest BCUT2D eigenvalue weighted by atomic mass is 16.2. The van der Waals surface area contributed by atoms with E-state index < -0.39 is 5.56 Å². The van der Waals surface area contributed by atoms with Crippen LogP contribution in [0.25, 0.3) is 0 Å². The van der Waals surface area contributed by atoms with E-state index in [1.165, 1.54) is 10.6 Å². The summed E-state index contributed by atoms with van der Waals surface area (Å²) in [6, 6.07) is 1.42. The third-order valence-electron chi connectivity index (χ3n) is 3.36. The lowest BCUT2D eigenvalue weighted by Crippen LogP contribution is -2.35. The van der Waals surface area contributed by atoms with Crippen molar-refractivity contribution in [2.45, 2.75) is 38.6 Å². The number of rotatable bonds is 1. The Morgan fingerprint density at radius 1 is 1.31 bits per heavy atom. The van der Waals surface area contributed by atoms with E-state index in [2.05, 4.69) is 11.9 Å². The van der Waals surface area contributed by atoms with Gasteiger partial charge >= 0.3 is 5.69 Å². The van der Waals surface area contributed by atoms with Crippen LogP contribution in [0.4, 0.5) is 5.82 Å². The first kappa shape index (κ1) is 11.0. The molecule has 1 aromatic heterocycles. The number of hydrogen-bond donors (Lipinski definition) is 2.